The van der Waals surface area contributed by atoms with E-state index in [2.05, 4.69) is 0 Å². The number of nitrogens with two attached hydrogens (primary N) is 1. The number of carbonyl (C=O) groups is 1. The molecule has 1 aliphatic rings. The molecule has 4 nitrogen and oxygen atoms in total. The van der Waals surface area contributed by atoms with Crippen LogP contribution in [0, 0.1) is 0 Å². The van der Waals surface area contributed by atoms with Gasteiger partial charge in [0.05, 0.1) is 19.2 Å². The second-order valence-electron chi connectivity index (χ2n) is 3.60. The third kappa shape index (κ3) is 2.96. The van der Waals surface area contributed by atoms with E-state index in [1.54, 1.807) is 0 Å². The van der Waals surface area contributed by atoms with E-state index in [4.69, 9.17) is 10.5 Å². The van der Waals surface area contributed by atoms with Crippen molar-refractivity contribution in [1.29, 1.82) is 0 Å². The van der Waals surface area contributed by atoms with E-state index in [1.165, 1.54) is 6.42 Å². The van der Waals surface area contributed by atoms with Gasteiger partial charge in [-0.25, -0.2) is 0 Å². The van der Waals surface area contributed by atoms with Gasteiger partial charge < -0.3 is 15.4 Å². The maximum Gasteiger partial charge on any atom is 0.236 e. The van der Waals surface area contributed by atoms with Gasteiger partial charge in [-0.15, -0.1) is 0 Å². The highest BCUT2D eigenvalue weighted by atomic mass is 16.5. The zero-order chi connectivity index (χ0) is 10.4. The van der Waals surface area contributed by atoms with Crippen molar-refractivity contribution in [3.63, 3.8) is 0 Å². The number of hydrogen-bond donors (Lipinski definition) is 1. The van der Waals surface area contributed by atoms with Crippen LogP contribution in [-0.2, 0) is 9.53 Å². The van der Waals surface area contributed by atoms with Crippen LogP contribution in [0.15, 0.2) is 0 Å². The second-order valence-corrected chi connectivity index (χ2v) is 3.60. The highest BCUT2D eigenvalue weighted by Gasteiger charge is 2.25. The highest BCUT2D eigenvalue weighted by molar-refractivity contribution is 5.78. The third-order valence-electron chi connectivity index (χ3n) is 2.64. The average Bonchev–Trinajstić information content (AvgIpc) is 2.25. The fourth-order valence-corrected chi connectivity index (χ4v) is 1.87. The van der Waals surface area contributed by atoms with Crippen molar-refractivity contribution in [3.8, 4) is 0 Å². The van der Waals surface area contributed by atoms with Crippen LogP contribution in [0.25, 0.3) is 0 Å². The Bertz CT molecular complexity index is 185. The highest BCUT2D eigenvalue weighted by Crippen LogP contribution is 2.17. The lowest BCUT2D eigenvalue weighted by atomic mass is 10.0. The van der Waals surface area contributed by atoms with Gasteiger partial charge in [-0.2, -0.15) is 0 Å². The Kier molecular flexibility index (Phi) is 4.90. The molecule has 4 heteroatoms. The number of likely N-dealkylation sites (tertiary alicyclic amines) is 1. The molecule has 82 valence electrons. The molecule has 0 unspecified atom stereocenters. The molecule has 2 N–H and O–H groups in total. The molecule has 1 heterocycles. The summed E-state index contributed by atoms with van der Waals surface area (Å²) in [5.41, 5.74) is 5.36. The van der Waals surface area contributed by atoms with Crippen LogP contribution in [-0.4, -0.2) is 43.2 Å². The summed E-state index contributed by atoms with van der Waals surface area (Å²) in [6.45, 7) is 4.29. The van der Waals surface area contributed by atoms with Crippen LogP contribution >= 0.6 is 0 Å². The Labute approximate surface area is 85.4 Å². The lowest BCUT2D eigenvalue weighted by molar-refractivity contribution is -0.134. The summed E-state index contributed by atoms with van der Waals surface area (Å²) in [6.07, 6.45) is 3.33. The van der Waals surface area contributed by atoms with Crippen molar-refractivity contribution in [3.05, 3.63) is 0 Å². The van der Waals surface area contributed by atoms with Gasteiger partial charge in [0.1, 0.15) is 0 Å². The Morgan fingerprint density at radius 1 is 1.57 bits per heavy atom. The number of rotatable bonds is 4. The smallest absolute Gasteiger partial charge is 0.236 e. The number of amides is 1. The van der Waals surface area contributed by atoms with E-state index >= 15 is 0 Å². The number of ether oxygens (including phenoxy) is 1. The van der Waals surface area contributed by atoms with Crippen molar-refractivity contribution in [2.24, 2.45) is 5.73 Å². The Morgan fingerprint density at radius 2 is 2.36 bits per heavy atom. The minimum absolute atomic E-state index is 0.0504. The van der Waals surface area contributed by atoms with Gasteiger partial charge in [0.25, 0.3) is 0 Å². The van der Waals surface area contributed by atoms with Crippen molar-refractivity contribution >= 4 is 5.91 Å². The molecule has 0 aromatic carbocycles. The van der Waals surface area contributed by atoms with E-state index in [1.807, 2.05) is 11.8 Å². The molecule has 14 heavy (non-hydrogen) atoms. The number of hydrogen-bond acceptors (Lipinski definition) is 3. The zero-order valence-corrected chi connectivity index (χ0v) is 8.87. The van der Waals surface area contributed by atoms with Crippen LogP contribution in [0.4, 0.5) is 0 Å². The second kappa shape index (κ2) is 5.98. The number of carbonyl (C=O) groups excluding carboxylic acids is 1. The lowest BCUT2D eigenvalue weighted by Crippen LogP contribution is -2.48. The summed E-state index contributed by atoms with van der Waals surface area (Å²) in [4.78, 5) is 13.4. The van der Waals surface area contributed by atoms with Crippen LogP contribution in [0.1, 0.15) is 26.2 Å². The van der Waals surface area contributed by atoms with Gasteiger partial charge in [0.15, 0.2) is 0 Å². The number of nitrogens with zero attached hydrogens (tertiary/aromatic N) is 1. The van der Waals surface area contributed by atoms with Crippen LogP contribution in [0.3, 0.4) is 0 Å². The fourth-order valence-electron chi connectivity index (χ4n) is 1.87. The van der Waals surface area contributed by atoms with Gasteiger partial charge in [-0.3, -0.25) is 4.79 Å². The molecule has 0 aliphatic carbocycles. The monoisotopic (exact) mass is 200 g/mol. The summed E-state index contributed by atoms with van der Waals surface area (Å²) < 4.78 is 5.36. The van der Waals surface area contributed by atoms with Gasteiger partial charge in [0, 0.05) is 13.2 Å². The van der Waals surface area contributed by atoms with E-state index in [9.17, 15) is 4.79 Å². The molecular formula is C10H20N2O2. The van der Waals surface area contributed by atoms with E-state index in [0.29, 0.717) is 13.2 Å². The molecule has 0 aromatic heterocycles. The van der Waals surface area contributed by atoms with E-state index in [0.717, 1.165) is 19.4 Å². The first-order valence-electron chi connectivity index (χ1n) is 5.36. The Balaban J connectivity index is 2.45. The summed E-state index contributed by atoms with van der Waals surface area (Å²) in [5.74, 6) is 0.0504. The summed E-state index contributed by atoms with van der Waals surface area (Å²) >= 11 is 0. The summed E-state index contributed by atoms with van der Waals surface area (Å²) in [5, 5.41) is 0. The maximum absolute atomic E-state index is 11.5. The molecular weight excluding hydrogens is 180 g/mol. The maximum atomic E-state index is 11.5. The normalized spacial score (nSPS) is 22.4. The van der Waals surface area contributed by atoms with Crippen molar-refractivity contribution < 1.29 is 9.53 Å². The van der Waals surface area contributed by atoms with Gasteiger partial charge in [-0.1, -0.05) is 0 Å². The molecule has 0 spiro atoms. The van der Waals surface area contributed by atoms with E-state index < -0.39 is 0 Å². The lowest BCUT2D eigenvalue weighted by Gasteiger charge is -2.35. The van der Waals surface area contributed by atoms with Crippen molar-refractivity contribution in [1.82, 2.24) is 4.90 Å². The summed E-state index contributed by atoms with van der Waals surface area (Å²) in [7, 11) is 0. The van der Waals surface area contributed by atoms with Crippen LogP contribution in [0.2, 0.25) is 0 Å². The average molecular weight is 200 g/mol. The van der Waals surface area contributed by atoms with Crippen LogP contribution in [0.5, 0.6) is 0 Å². The molecule has 1 amide bonds. The third-order valence-corrected chi connectivity index (χ3v) is 2.64. The SMILES string of the molecule is CCOC[C@@H]1CCCCN1C(=O)CN. The molecule has 1 saturated heterocycles. The van der Waals surface area contributed by atoms with Crippen molar-refractivity contribution in [2.75, 3.05) is 26.3 Å². The first-order chi connectivity index (χ1) is 6.79. The topological polar surface area (TPSA) is 55.6 Å². The quantitative estimate of drug-likeness (QED) is 0.713. The van der Waals surface area contributed by atoms with Gasteiger partial charge in [0.2, 0.25) is 5.91 Å². The minimum Gasteiger partial charge on any atom is -0.380 e. The fraction of sp³-hybridized carbons (Fsp3) is 0.900. The predicted octanol–water partition coefficient (Wildman–Crippen LogP) is 0.363. The molecule has 0 saturated carbocycles. The molecule has 0 bridgehead atoms. The number of piperidine rings is 1. The molecule has 0 aromatic rings. The molecule has 1 atom stereocenters. The first-order valence-corrected chi connectivity index (χ1v) is 5.36. The molecule has 1 rings (SSSR count). The summed E-state index contributed by atoms with van der Waals surface area (Å²) in [6, 6.07) is 0.250. The van der Waals surface area contributed by atoms with Gasteiger partial charge in [-0.05, 0) is 26.2 Å². The standard InChI is InChI=1S/C10H20N2O2/c1-2-14-8-9-5-3-4-6-12(9)10(13)7-11/h9H,2-8,11H2,1H3/t9-/m0/s1. The van der Waals surface area contributed by atoms with E-state index in [-0.39, 0.29) is 18.5 Å². The van der Waals surface area contributed by atoms with Crippen molar-refractivity contribution in [2.45, 2.75) is 32.2 Å². The zero-order valence-electron chi connectivity index (χ0n) is 8.87. The molecule has 1 aliphatic heterocycles. The van der Waals surface area contributed by atoms with Gasteiger partial charge >= 0.3 is 0 Å². The molecule has 0 radical (unpaired) electrons. The van der Waals surface area contributed by atoms with Crippen LogP contribution < -0.4 is 5.73 Å². The Morgan fingerprint density at radius 3 is 3.00 bits per heavy atom. The minimum atomic E-state index is 0.0504. The molecule has 1 fully saturated rings. The predicted molar refractivity (Wildman–Crippen MR) is 54.9 cm³/mol. The largest absolute Gasteiger partial charge is 0.380 e. The first kappa shape index (κ1) is 11.5. The Hall–Kier alpha value is -0.610.